The molecular weight excluding hydrogens is 457 g/mol. The van der Waals surface area contributed by atoms with E-state index < -0.39 is 6.04 Å². The number of likely N-dealkylation sites (tertiary alicyclic amines) is 1. The van der Waals surface area contributed by atoms with Gasteiger partial charge in [-0.15, -0.1) is 0 Å². The number of nitrogens with one attached hydrogen (secondary N) is 3. The van der Waals surface area contributed by atoms with E-state index in [0.717, 1.165) is 43.6 Å². The Kier molecular flexibility index (Phi) is 10.1. The van der Waals surface area contributed by atoms with Gasteiger partial charge in [0.05, 0.1) is 18.4 Å². The van der Waals surface area contributed by atoms with E-state index in [9.17, 15) is 14.0 Å². The number of benzene rings is 1. The highest BCUT2D eigenvalue weighted by molar-refractivity contribution is 5.87. The number of carbonyl (C=O) groups excluding carboxylic acids is 2. The fourth-order valence-corrected chi connectivity index (χ4v) is 4.37. The van der Waals surface area contributed by atoms with Crippen molar-refractivity contribution in [1.82, 2.24) is 25.5 Å². The Balaban J connectivity index is 1.64. The molecule has 0 bridgehead atoms. The Bertz CT molecular complexity index is 1040. The Morgan fingerprint density at radius 3 is 2.58 bits per heavy atom. The van der Waals surface area contributed by atoms with E-state index in [2.05, 4.69) is 45.9 Å². The van der Waals surface area contributed by atoms with Crippen LogP contribution in [0.2, 0.25) is 0 Å². The molecule has 0 saturated carbocycles. The summed E-state index contributed by atoms with van der Waals surface area (Å²) < 4.78 is 14.3. The molecule has 196 valence electrons. The van der Waals surface area contributed by atoms with Crippen molar-refractivity contribution in [3.63, 3.8) is 0 Å². The molecule has 1 saturated heterocycles. The molecule has 0 aliphatic carbocycles. The number of imidazole rings is 1. The Morgan fingerprint density at radius 1 is 1.19 bits per heavy atom. The summed E-state index contributed by atoms with van der Waals surface area (Å²) in [5, 5.41) is 5.80. The first-order valence-corrected chi connectivity index (χ1v) is 13.0. The summed E-state index contributed by atoms with van der Waals surface area (Å²) in [7, 11) is 0. The van der Waals surface area contributed by atoms with E-state index in [0.29, 0.717) is 35.8 Å². The highest BCUT2D eigenvalue weighted by atomic mass is 19.1. The van der Waals surface area contributed by atoms with E-state index >= 15 is 0 Å². The zero-order chi connectivity index (χ0) is 26.1. The lowest BCUT2D eigenvalue weighted by atomic mass is 10.1. The fourth-order valence-electron chi connectivity index (χ4n) is 4.37. The van der Waals surface area contributed by atoms with Crippen molar-refractivity contribution in [2.45, 2.75) is 78.3 Å². The highest BCUT2D eigenvalue weighted by Crippen LogP contribution is 2.22. The van der Waals surface area contributed by atoms with Gasteiger partial charge in [-0.1, -0.05) is 39.3 Å². The first-order valence-electron chi connectivity index (χ1n) is 13.0. The Morgan fingerprint density at radius 2 is 1.92 bits per heavy atom. The summed E-state index contributed by atoms with van der Waals surface area (Å²) >= 11 is 0. The number of nitrogens with zero attached hydrogens (tertiary/aromatic N) is 2. The van der Waals surface area contributed by atoms with Gasteiger partial charge in [-0.3, -0.25) is 9.59 Å². The number of amides is 2. The van der Waals surface area contributed by atoms with Crippen molar-refractivity contribution >= 4 is 11.8 Å². The van der Waals surface area contributed by atoms with Crippen molar-refractivity contribution in [3.8, 4) is 11.3 Å². The molecule has 1 aromatic heterocycles. The third kappa shape index (κ3) is 8.21. The lowest BCUT2D eigenvalue weighted by Gasteiger charge is -2.28. The molecule has 2 heterocycles. The van der Waals surface area contributed by atoms with Crippen LogP contribution in [-0.2, 0) is 16.1 Å². The SMILES string of the molecule is C=C(C[C@H](NC(=O)CCC(C)C)C(=O)NCc1ncc(-c2ccc(C)cc2F)[nH]1)N1CCCCCC1. The average Bonchev–Trinajstić information content (AvgIpc) is 3.12. The molecule has 0 spiro atoms. The minimum atomic E-state index is -0.718. The largest absolute Gasteiger partial charge is 0.375 e. The number of H-pyrrole nitrogens is 1. The molecule has 0 radical (unpaired) electrons. The smallest absolute Gasteiger partial charge is 0.243 e. The zero-order valence-corrected chi connectivity index (χ0v) is 21.8. The standard InChI is InChI=1S/C28H40FN5O2/c1-19(2)9-12-27(35)33-24(16-21(4)34-13-7-5-6-8-14-34)28(36)31-18-26-30-17-25(32-26)22-11-10-20(3)15-23(22)29/h10-11,15,17,19,24H,4-9,12-14,16,18H2,1-3H3,(H,30,32)(H,31,36)(H,33,35)/t24-/m0/s1. The molecule has 8 heteroatoms. The Labute approximate surface area is 214 Å². The minimum Gasteiger partial charge on any atom is -0.375 e. The number of halogens is 1. The van der Waals surface area contributed by atoms with Gasteiger partial charge in [0.1, 0.15) is 17.7 Å². The van der Waals surface area contributed by atoms with Gasteiger partial charge in [0, 0.05) is 37.2 Å². The third-order valence-electron chi connectivity index (χ3n) is 6.57. The number of aromatic nitrogens is 2. The van der Waals surface area contributed by atoms with Gasteiger partial charge in [-0.25, -0.2) is 9.37 Å². The summed E-state index contributed by atoms with van der Waals surface area (Å²) in [6.45, 7) is 12.2. The number of aryl methyl sites for hydroxylation is 1. The van der Waals surface area contributed by atoms with E-state index in [1.54, 1.807) is 12.3 Å². The van der Waals surface area contributed by atoms with Crippen molar-refractivity contribution in [2.24, 2.45) is 5.92 Å². The maximum Gasteiger partial charge on any atom is 0.243 e. The predicted octanol–water partition coefficient (Wildman–Crippen LogP) is 4.84. The second kappa shape index (κ2) is 13.2. The molecule has 3 rings (SSSR count). The van der Waals surface area contributed by atoms with Gasteiger partial charge in [-0.05, 0) is 49.8 Å². The molecule has 3 N–H and O–H groups in total. The topological polar surface area (TPSA) is 90.1 Å². The molecule has 1 aliphatic heterocycles. The zero-order valence-electron chi connectivity index (χ0n) is 21.8. The maximum absolute atomic E-state index is 14.3. The molecule has 1 aliphatic rings. The predicted molar refractivity (Wildman–Crippen MR) is 140 cm³/mol. The highest BCUT2D eigenvalue weighted by Gasteiger charge is 2.24. The molecular formula is C28H40FN5O2. The first kappa shape index (κ1) is 27.4. The number of hydrogen-bond donors (Lipinski definition) is 3. The maximum atomic E-state index is 14.3. The molecule has 36 heavy (non-hydrogen) atoms. The van der Waals surface area contributed by atoms with Gasteiger partial charge in [0.15, 0.2) is 0 Å². The van der Waals surface area contributed by atoms with Crippen molar-refractivity contribution in [1.29, 1.82) is 0 Å². The van der Waals surface area contributed by atoms with E-state index in [1.807, 2.05) is 13.0 Å². The molecule has 1 atom stereocenters. The van der Waals surface area contributed by atoms with Crippen LogP contribution in [-0.4, -0.2) is 45.8 Å². The molecule has 0 unspecified atom stereocenters. The first-order chi connectivity index (χ1) is 17.2. The number of aromatic amines is 1. The quantitative estimate of drug-likeness (QED) is 0.414. The summed E-state index contributed by atoms with van der Waals surface area (Å²) in [6, 6.07) is 4.30. The van der Waals surface area contributed by atoms with Crippen molar-refractivity contribution < 1.29 is 14.0 Å². The lowest BCUT2D eigenvalue weighted by molar-refractivity contribution is -0.129. The number of rotatable bonds is 11. The second-order valence-electron chi connectivity index (χ2n) is 10.2. The Hall–Kier alpha value is -3.16. The van der Waals surface area contributed by atoms with Gasteiger partial charge in [0.25, 0.3) is 0 Å². The van der Waals surface area contributed by atoms with E-state index in [1.165, 1.54) is 18.9 Å². The summed E-state index contributed by atoms with van der Waals surface area (Å²) in [4.78, 5) is 35.3. The third-order valence-corrected chi connectivity index (χ3v) is 6.57. The second-order valence-corrected chi connectivity index (χ2v) is 10.2. The summed E-state index contributed by atoms with van der Waals surface area (Å²) in [5.41, 5.74) is 2.68. The van der Waals surface area contributed by atoms with Crippen LogP contribution in [0.25, 0.3) is 11.3 Å². The lowest BCUT2D eigenvalue weighted by Crippen LogP contribution is -2.47. The van der Waals surface area contributed by atoms with E-state index in [-0.39, 0.29) is 24.2 Å². The molecule has 2 aromatic rings. The van der Waals surface area contributed by atoms with Gasteiger partial charge >= 0.3 is 0 Å². The molecule has 1 fully saturated rings. The summed E-state index contributed by atoms with van der Waals surface area (Å²) in [6.07, 6.45) is 7.69. The van der Waals surface area contributed by atoms with Crippen molar-refractivity contribution in [3.05, 3.63) is 53.9 Å². The molecule has 2 amide bonds. The van der Waals surface area contributed by atoms with Crippen LogP contribution in [0.5, 0.6) is 0 Å². The molecule has 1 aromatic carbocycles. The number of carbonyl (C=O) groups is 2. The number of hydrogen-bond acceptors (Lipinski definition) is 4. The minimum absolute atomic E-state index is 0.136. The van der Waals surface area contributed by atoms with Crippen LogP contribution in [0.3, 0.4) is 0 Å². The monoisotopic (exact) mass is 497 g/mol. The van der Waals surface area contributed by atoms with Crippen molar-refractivity contribution in [2.75, 3.05) is 13.1 Å². The van der Waals surface area contributed by atoms with Gasteiger partial charge < -0.3 is 20.5 Å². The molecule has 7 nitrogen and oxygen atoms in total. The van der Waals surface area contributed by atoms with Gasteiger partial charge in [-0.2, -0.15) is 0 Å². The van der Waals surface area contributed by atoms with Crippen LogP contribution >= 0.6 is 0 Å². The fraction of sp³-hybridized carbons (Fsp3) is 0.536. The van der Waals surface area contributed by atoms with Crippen LogP contribution in [0.1, 0.15) is 70.2 Å². The normalized spacial score (nSPS) is 14.9. The van der Waals surface area contributed by atoms with Crippen LogP contribution < -0.4 is 10.6 Å². The van der Waals surface area contributed by atoms with Crippen LogP contribution in [0.15, 0.2) is 36.7 Å². The summed E-state index contributed by atoms with van der Waals surface area (Å²) in [5.74, 6) is 0.160. The van der Waals surface area contributed by atoms with E-state index in [4.69, 9.17) is 0 Å². The van der Waals surface area contributed by atoms with Crippen LogP contribution in [0.4, 0.5) is 4.39 Å². The van der Waals surface area contributed by atoms with Gasteiger partial charge in [0.2, 0.25) is 11.8 Å². The average molecular weight is 498 g/mol. The van der Waals surface area contributed by atoms with Crippen LogP contribution in [0, 0.1) is 18.7 Å².